The van der Waals surface area contributed by atoms with Crippen molar-refractivity contribution in [2.24, 2.45) is 0 Å². The molecule has 0 aromatic heterocycles. The number of aryl methyl sites for hydroxylation is 1. The van der Waals surface area contributed by atoms with Crippen molar-refractivity contribution < 1.29 is 17.1 Å². The third kappa shape index (κ3) is 11.4. The van der Waals surface area contributed by atoms with Gasteiger partial charge in [0.2, 0.25) is 0 Å². The molecular formula is C44H30FeS+2. The average Bonchev–Trinajstić information content (AvgIpc) is 3.84. The second-order valence-corrected chi connectivity index (χ2v) is 10.9. The molecule has 10 radical (unpaired) electrons. The van der Waals surface area contributed by atoms with E-state index in [1.807, 2.05) is 118 Å². The number of rotatable bonds is 1. The predicted octanol–water partition coefficient (Wildman–Crippen LogP) is 8.69. The third-order valence-corrected chi connectivity index (χ3v) is 7.44. The first kappa shape index (κ1) is 34.9. The van der Waals surface area contributed by atoms with Crippen LogP contribution in [0.1, 0.15) is 44.5 Å². The standard InChI is InChI=1S/C39H25S.C5H5.Fe/c1-30-29-37(20-19-36-23-27-39(40-2)28-24-36)22-26-38(30)25-21-35-17-15-34(16-18-35)14-13-33-11-9-32(10-12-33)8-7-31-5-3-4-6-31;1-2-4-5-3-1;/h3-6,9-12,15-18,22-24,26-29H,1-2H3;1-5H;/q;;+2. The number of hydrogen-bond donors (Lipinski definition) is 0. The van der Waals surface area contributed by atoms with Crippen LogP contribution in [0.4, 0.5) is 0 Å². The molecule has 6 rings (SSSR count). The molecule has 0 bridgehead atoms. The first-order valence-corrected chi connectivity index (χ1v) is 15.8. The topological polar surface area (TPSA) is 0 Å². The Morgan fingerprint density at radius 2 is 0.783 bits per heavy atom. The Labute approximate surface area is 292 Å². The van der Waals surface area contributed by atoms with Crippen LogP contribution in [0, 0.1) is 118 Å². The molecule has 0 spiro atoms. The zero-order valence-corrected chi connectivity index (χ0v) is 27.5. The van der Waals surface area contributed by atoms with E-state index >= 15 is 0 Å². The molecule has 4 aromatic carbocycles. The maximum atomic E-state index is 3.30. The fraction of sp³-hybridized carbons (Fsp3) is 0.0455. The monoisotopic (exact) mass is 646 g/mol. The molecule has 4 aromatic rings. The van der Waals surface area contributed by atoms with Gasteiger partial charge in [0.1, 0.15) is 0 Å². The van der Waals surface area contributed by atoms with Crippen molar-refractivity contribution in [1.82, 2.24) is 0 Å². The van der Waals surface area contributed by atoms with Gasteiger partial charge in [-0.25, -0.2) is 0 Å². The molecule has 2 heteroatoms. The van der Waals surface area contributed by atoms with Crippen LogP contribution >= 0.6 is 11.8 Å². The fourth-order valence-electron chi connectivity index (χ4n) is 4.18. The zero-order valence-electron chi connectivity index (χ0n) is 25.6. The van der Waals surface area contributed by atoms with Crippen molar-refractivity contribution in [3.05, 3.63) is 199 Å². The van der Waals surface area contributed by atoms with Gasteiger partial charge >= 0.3 is 17.1 Å². The van der Waals surface area contributed by atoms with E-state index in [9.17, 15) is 0 Å². The normalized spacial score (nSPS) is 13.1. The van der Waals surface area contributed by atoms with E-state index in [4.69, 9.17) is 0 Å². The summed E-state index contributed by atoms with van der Waals surface area (Å²) in [6.07, 6.45) is 20.1. The van der Waals surface area contributed by atoms with Crippen molar-refractivity contribution in [2.75, 3.05) is 6.26 Å². The summed E-state index contributed by atoms with van der Waals surface area (Å²) >= 11 is 1.73. The van der Waals surface area contributed by atoms with E-state index in [0.29, 0.717) is 0 Å². The molecule has 2 aliphatic carbocycles. The summed E-state index contributed by atoms with van der Waals surface area (Å²) in [6.45, 7) is 2.07. The molecule has 0 N–H and O–H groups in total. The van der Waals surface area contributed by atoms with Crippen LogP contribution < -0.4 is 0 Å². The van der Waals surface area contributed by atoms with E-state index < -0.39 is 0 Å². The van der Waals surface area contributed by atoms with Gasteiger partial charge in [-0.15, -0.1) is 11.8 Å². The summed E-state index contributed by atoms with van der Waals surface area (Å²) in [5, 5.41) is 0. The molecule has 0 amide bonds. The fourth-order valence-corrected chi connectivity index (χ4v) is 4.59. The van der Waals surface area contributed by atoms with Crippen LogP contribution in [0.3, 0.4) is 0 Å². The SMILES string of the molecule is CSc1ccc(C#Cc2ccc(C#Cc3ccc(C#Cc4ccc(C#C[C]5[CH][CH][CH][CH]5)cc4)cc3)c(C)c2)cc1.[CH]1[CH][CH][CH][CH]1.[Fe+2]. The molecule has 218 valence electrons. The Balaban J connectivity index is 0.000000731. The summed E-state index contributed by atoms with van der Waals surface area (Å²) in [5.41, 5.74) is 7.96. The van der Waals surface area contributed by atoms with Gasteiger partial charge in [0, 0.05) is 43.8 Å². The van der Waals surface area contributed by atoms with Crippen molar-refractivity contribution in [3.63, 3.8) is 0 Å². The minimum Gasteiger partial charge on any atom is -0.130 e. The van der Waals surface area contributed by atoms with E-state index in [2.05, 4.69) is 90.9 Å². The van der Waals surface area contributed by atoms with Crippen LogP contribution in [0.2, 0.25) is 0 Å². The molecule has 0 unspecified atom stereocenters. The number of thioether (sulfide) groups is 1. The molecule has 0 nitrogen and oxygen atoms in total. The Morgan fingerprint density at radius 3 is 1.22 bits per heavy atom. The first-order valence-electron chi connectivity index (χ1n) is 14.6. The Bertz CT molecular complexity index is 1800. The predicted molar refractivity (Wildman–Crippen MR) is 189 cm³/mol. The van der Waals surface area contributed by atoms with Crippen LogP contribution in [-0.4, -0.2) is 6.26 Å². The summed E-state index contributed by atoms with van der Waals surface area (Å²) in [6, 6.07) is 30.5. The maximum absolute atomic E-state index is 3.30. The molecule has 2 fully saturated rings. The first-order chi connectivity index (χ1) is 22.1. The maximum Gasteiger partial charge on any atom is 2.00 e. The van der Waals surface area contributed by atoms with Gasteiger partial charge in [0.05, 0.1) is 5.92 Å². The molecule has 0 heterocycles. The van der Waals surface area contributed by atoms with Gasteiger partial charge in [0.15, 0.2) is 0 Å². The summed E-state index contributed by atoms with van der Waals surface area (Å²) in [7, 11) is 0. The second-order valence-electron chi connectivity index (χ2n) is 10.0. The molecule has 2 aliphatic rings. The average molecular weight is 647 g/mol. The van der Waals surface area contributed by atoms with Crippen molar-refractivity contribution in [2.45, 2.75) is 11.8 Å². The van der Waals surface area contributed by atoms with Gasteiger partial charge in [-0.2, -0.15) is 0 Å². The molecule has 0 aliphatic heterocycles. The number of hydrogen-bond acceptors (Lipinski definition) is 1. The number of benzene rings is 4. The van der Waals surface area contributed by atoms with Crippen LogP contribution in [0.15, 0.2) is 95.9 Å². The minimum atomic E-state index is 0. The van der Waals surface area contributed by atoms with Crippen molar-refractivity contribution >= 4 is 11.8 Å². The largest absolute Gasteiger partial charge is 2.00 e. The van der Waals surface area contributed by atoms with Gasteiger partial charge in [-0.05, 0) is 168 Å². The zero-order chi connectivity index (χ0) is 31.1. The van der Waals surface area contributed by atoms with E-state index in [1.165, 1.54) is 4.90 Å². The van der Waals surface area contributed by atoms with E-state index in [-0.39, 0.29) is 17.1 Å². The van der Waals surface area contributed by atoms with Crippen LogP contribution in [0.25, 0.3) is 0 Å². The van der Waals surface area contributed by atoms with Gasteiger partial charge in [-0.3, -0.25) is 0 Å². The minimum absolute atomic E-state index is 0. The van der Waals surface area contributed by atoms with Gasteiger partial charge < -0.3 is 0 Å². The Hall–Kier alpha value is -4.01. The van der Waals surface area contributed by atoms with Crippen LogP contribution in [-0.2, 0) is 17.1 Å². The molecule has 0 saturated heterocycles. The van der Waals surface area contributed by atoms with Gasteiger partial charge in [0.25, 0.3) is 0 Å². The molecule has 46 heavy (non-hydrogen) atoms. The molecule has 0 atom stereocenters. The molecular weight excluding hydrogens is 616 g/mol. The summed E-state index contributed by atoms with van der Waals surface area (Å²) in [5.74, 6) is 26.9. The Kier molecular flexibility index (Phi) is 14.3. The van der Waals surface area contributed by atoms with Crippen LogP contribution in [0.5, 0.6) is 0 Å². The summed E-state index contributed by atoms with van der Waals surface area (Å²) < 4.78 is 0. The quantitative estimate of drug-likeness (QED) is 0.113. The van der Waals surface area contributed by atoms with Gasteiger partial charge in [-0.1, -0.05) is 47.4 Å². The second kappa shape index (κ2) is 18.8. The van der Waals surface area contributed by atoms with Crippen molar-refractivity contribution in [3.8, 4) is 47.4 Å². The third-order valence-electron chi connectivity index (χ3n) is 6.70. The summed E-state index contributed by atoms with van der Waals surface area (Å²) in [4.78, 5) is 1.24. The van der Waals surface area contributed by atoms with Crippen molar-refractivity contribution in [1.29, 1.82) is 0 Å². The Morgan fingerprint density at radius 1 is 0.413 bits per heavy atom. The van der Waals surface area contributed by atoms with E-state index in [1.54, 1.807) is 11.8 Å². The van der Waals surface area contributed by atoms with E-state index in [0.717, 1.165) is 50.4 Å². The smallest absolute Gasteiger partial charge is 0.130 e. The molecule has 2 saturated carbocycles.